The lowest BCUT2D eigenvalue weighted by Gasteiger charge is -2.15. The molecule has 1 heterocycles. The van der Waals surface area contributed by atoms with Crippen molar-refractivity contribution in [2.45, 2.75) is 12.8 Å². The molecular formula is C23H19NO2. The number of aryl methyl sites for hydroxylation is 1. The quantitative estimate of drug-likeness (QED) is 0.534. The molecule has 1 N–H and O–H groups in total. The molecular weight excluding hydrogens is 322 g/mol. The Balaban J connectivity index is 1.87. The average Bonchev–Trinajstić information content (AvgIpc) is 3.10. The van der Waals surface area contributed by atoms with Crippen LogP contribution in [0.5, 0.6) is 0 Å². The van der Waals surface area contributed by atoms with Crippen molar-refractivity contribution in [3.63, 3.8) is 0 Å². The summed E-state index contributed by atoms with van der Waals surface area (Å²) in [6.07, 6.45) is 0.612. The first-order valence-corrected chi connectivity index (χ1v) is 8.69. The van der Waals surface area contributed by atoms with Gasteiger partial charge in [-0.15, -0.1) is 0 Å². The summed E-state index contributed by atoms with van der Waals surface area (Å²) in [7, 11) is 0. The van der Waals surface area contributed by atoms with Gasteiger partial charge in [0.2, 0.25) is 0 Å². The van der Waals surface area contributed by atoms with Crippen molar-refractivity contribution in [3.8, 4) is 16.9 Å². The minimum atomic E-state index is -0.780. The molecule has 1 aromatic heterocycles. The zero-order valence-corrected chi connectivity index (χ0v) is 14.3. The molecule has 26 heavy (non-hydrogen) atoms. The molecule has 4 aromatic rings. The van der Waals surface area contributed by atoms with Gasteiger partial charge in [-0.1, -0.05) is 60.7 Å². The number of aromatic nitrogens is 1. The normalized spacial score (nSPS) is 10.9. The van der Waals surface area contributed by atoms with E-state index in [1.54, 1.807) is 0 Å². The van der Waals surface area contributed by atoms with Crippen LogP contribution in [0.25, 0.3) is 27.7 Å². The van der Waals surface area contributed by atoms with Crippen molar-refractivity contribution >= 4 is 16.7 Å². The molecule has 0 unspecified atom stereocenters. The molecule has 0 fully saturated rings. The number of aliphatic carboxylic acids is 1. The molecule has 0 radical (unpaired) electrons. The summed E-state index contributed by atoms with van der Waals surface area (Å²) in [4.78, 5) is 11.1. The van der Waals surface area contributed by atoms with Crippen molar-refractivity contribution in [1.82, 2.24) is 4.57 Å². The maximum Gasteiger partial charge on any atom is 0.303 e. The topological polar surface area (TPSA) is 42.2 Å². The standard InChI is InChI=1S/C23H19NO2/c25-23(26)15-13-20-12-14-22(18-7-2-1-3-8-18)24(20)21-11-10-17-6-4-5-9-19(17)16-21/h1-12,14,16H,13,15H2,(H,25,26). The molecule has 0 amide bonds. The summed E-state index contributed by atoms with van der Waals surface area (Å²) in [5, 5.41) is 11.5. The summed E-state index contributed by atoms with van der Waals surface area (Å²) in [6, 6.07) is 28.9. The van der Waals surface area contributed by atoms with Crippen LogP contribution in [0.4, 0.5) is 0 Å². The maximum absolute atomic E-state index is 11.1. The number of fused-ring (bicyclic) bond motifs is 1. The van der Waals surface area contributed by atoms with Gasteiger partial charge in [0.15, 0.2) is 0 Å². The Labute approximate surface area is 152 Å². The van der Waals surface area contributed by atoms with Gasteiger partial charge in [0.1, 0.15) is 0 Å². The summed E-state index contributed by atoms with van der Waals surface area (Å²) >= 11 is 0. The van der Waals surface area contributed by atoms with E-state index in [1.165, 1.54) is 10.8 Å². The first kappa shape index (κ1) is 16.2. The molecule has 4 rings (SSSR count). The van der Waals surface area contributed by atoms with Crippen LogP contribution in [0.3, 0.4) is 0 Å². The first-order valence-electron chi connectivity index (χ1n) is 8.69. The monoisotopic (exact) mass is 341 g/mol. The molecule has 0 spiro atoms. The predicted molar refractivity (Wildman–Crippen MR) is 105 cm³/mol. The van der Waals surface area contributed by atoms with Crippen molar-refractivity contribution in [2.75, 3.05) is 0 Å². The maximum atomic E-state index is 11.1. The van der Waals surface area contributed by atoms with Crippen LogP contribution >= 0.6 is 0 Å². The van der Waals surface area contributed by atoms with Crippen LogP contribution in [0.1, 0.15) is 12.1 Å². The third-order valence-electron chi connectivity index (χ3n) is 4.62. The van der Waals surface area contributed by atoms with Gasteiger partial charge in [0.05, 0.1) is 12.1 Å². The molecule has 0 aliphatic heterocycles. The van der Waals surface area contributed by atoms with Gasteiger partial charge in [-0.05, 0) is 47.0 Å². The van der Waals surface area contributed by atoms with Gasteiger partial charge in [0, 0.05) is 11.4 Å². The SMILES string of the molecule is O=C(O)CCc1ccc(-c2ccccc2)n1-c1ccc2ccccc2c1. The molecule has 0 saturated heterocycles. The van der Waals surface area contributed by atoms with Crippen molar-refractivity contribution < 1.29 is 9.90 Å². The number of carbonyl (C=O) groups is 1. The van der Waals surface area contributed by atoms with Gasteiger partial charge in [-0.2, -0.15) is 0 Å². The lowest BCUT2D eigenvalue weighted by molar-refractivity contribution is -0.136. The minimum absolute atomic E-state index is 0.117. The molecule has 0 bridgehead atoms. The lowest BCUT2D eigenvalue weighted by atomic mass is 10.1. The molecule has 3 nitrogen and oxygen atoms in total. The highest BCUT2D eigenvalue weighted by Crippen LogP contribution is 2.29. The Bertz CT molecular complexity index is 1060. The molecule has 0 atom stereocenters. The Kier molecular flexibility index (Phi) is 4.28. The Morgan fingerprint density at radius 1 is 0.808 bits per heavy atom. The number of carboxylic acid groups (broad SMARTS) is 1. The zero-order chi connectivity index (χ0) is 17.9. The molecule has 0 aliphatic carbocycles. The van der Waals surface area contributed by atoms with Crippen molar-refractivity contribution in [3.05, 3.63) is 90.6 Å². The summed E-state index contributed by atoms with van der Waals surface area (Å²) in [6.45, 7) is 0. The molecule has 3 heteroatoms. The van der Waals surface area contributed by atoms with E-state index < -0.39 is 5.97 Å². The van der Waals surface area contributed by atoms with E-state index in [-0.39, 0.29) is 6.42 Å². The van der Waals surface area contributed by atoms with Crippen LogP contribution in [-0.2, 0) is 11.2 Å². The number of benzene rings is 3. The minimum Gasteiger partial charge on any atom is -0.481 e. The second-order valence-electron chi connectivity index (χ2n) is 6.34. The van der Waals surface area contributed by atoms with Crippen molar-refractivity contribution in [2.24, 2.45) is 0 Å². The Morgan fingerprint density at radius 2 is 1.54 bits per heavy atom. The second-order valence-corrected chi connectivity index (χ2v) is 6.34. The highest BCUT2D eigenvalue weighted by Gasteiger charge is 2.13. The van der Waals surface area contributed by atoms with Crippen LogP contribution < -0.4 is 0 Å². The summed E-state index contributed by atoms with van der Waals surface area (Å²) < 4.78 is 2.17. The van der Waals surface area contributed by atoms with E-state index >= 15 is 0 Å². The van der Waals surface area contributed by atoms with Gasteiger partial charge in [-0.3, -0.25) is 4.79 Å². The number of hydrogen-bond acceptors (Lipinski definition) is 1. The fourth-order valence-electron chi connectivity index (χ4n) is 3.36. The van der Waals surface area contributed by atoms with E-state index in [1.807, 2.05) is 36.4 Å². The van der Waals surface area contributed by atoms with E-state index in [0.717, 1.165) is 22.6 Å². The van der Waals surface area contributed by atoms with Gasteiger partial charge in [0.25, 0.3) is 0 Å². The van der Waals surface area contributed by atoms with Gasteiger partial charge < -0.3 is 9.67 Å². The van der Waals surface area contributed by atoms with E-state index in [4.69, 9.17) is 5.11 Å². The Morgan fingerprint density at radius 3 is 2.31 bits per heavy atom. The van der Waals surface area contributed by atoms with E-state index in [9.17, 15) is 4.79 Å². The first-order chi connectivity index (χ1) is 12.7. The number of hydrogen-bond donors (Lipinski definition) is 1. The molecule has 0 saturated carbocycles. The van der Waals surface area contributed by atoms with Crippen molar-refractivity contribution in [1.29, 1.82) is 0 Å². The number of rotatable bonds is 5. The van der Waals surface area contributed by atoms with Crippen LogP contribution in [0, 0.1) is 0 Å². The summed E-state index contributed by atoms with van der Waals surface area (Å²) in [5.74, 6) is -0.780. The van der Waals surface area contributed by atoms with Gasteiger partial charge in [-0.25, -0.2) is 0 Å². The fourth-order valence-corrected chi connectivity index (χ4v) is 3.36. The van der Waals surface area contributed by atoms with Crippen LogP contribution in [0.15, 0.2) is 84.9 Å². The highest BCUT2D eigenvalue weighted by molar-refractivity contribution is 5.84. The summed E-state index contributed by atoms with van der Waals surface area (Å²) in [5.41, 5.74) is 4.23. The van der Waals surface area contributed by atoms with E-state index in [0.29, 0.717) is 6.42 Å². The number of carboxylic acids is 1. The fraction of sp³-hybridized carbons (Fsp3) is 0.0870. The van der Waals surface area contributed by atoms with Crippen LogP contribution in [0.2, 0.25) is 0 Å². The zero-order valence-electron chi connectivity index (χ0n) is 14.3. The van der Waals surface area contributed by atoms with E-state index in [2.05, 4.69) is 53.1 Å². The third-order valence-corrected chi connectivity index (χ3v) is 4.62. The average molecular weight is 341 g/mol. The lowest BCUT2D eigenvalue weighted by Crippen LogP contribution is -2.05. The van der Waals surface area contributed by atoms with Gasteiger partial charge >= 0.3 is 5.97 Å². The van der Waals surface area contributed by atoms with Crippen LogP contribution in [-0.4, -0.2) is 15.6 Å². The second kappa shape index (κ2) is 6.89. The highest BCUT2D eigenvalue weighted by atomic mass is 16.4. The molecule has 3 aromatic carbocycles. The third kappa shape index (κ3) is 3.11. The molecule has 128 valence electrons. The largest absolute Gasteiger partial charge is 0.481 e. The number of nitrogens with zero attached hydrogens (tertiary/aromatic N) is 1. The molecule has 0 aliphatic rings. The smallest absolute Gasteiger partial charge is 0.303 e. The predicted octanol–water partition coefficient (Wildman–Crippen LogP) is 5.31. The Hall–Kier alpha value is -3.33.